The van der Waals surface area contributed by atoms with Crippen molar-refractivity contribution >= 4 is 9.84 Å². The molecule has 0 saturated carbocycles. The molecular formula is C16H34N2O2S. The van der Waals surface area contributed by atoms with E-state index in [1.807, 2.05) is 0 Å². The molecule has 1 heterocycles. The van der Waals surface area contributed by atoms with Gasteiger partial charge in [0.1, 0.15) is 0 Å². The highest BCUT2D eigenvalue weighted by Gasteiger charge is 2.40. The Kier molecular flexibility index (Phi) is 5.90. The summed E-state index contributed by atoms with van der Waals surface area (Å²) >= 11 is 0. The highest BCUT2D eigenvalue weighted by molar-refractivity contribution is 7.92. The summed E-state index contributed by atoms with van der Waals surface area (Å²) in [4.78, 5) is 2.39. The van der Waals surface area contributed by atoms with Gasteiger partial charge in [-0.1, -0.05) is 27.7 Å². The fourth-order valence-corrected chi connectivity index (χ4v) is 3.67. The van der Waals surface area contributed by atoms with E-state index in [0.29, 0.717) is 12.6 Å². The molecule has 0 aromatic rings. The van der Waals surface area contributed by atoms with Crippen LogP contribution in [0.15, 0.2) is 0 Å². The molecule has 4 nitrogen and oxygen atoms in total. The Morgan fingerprint density at radius 2 is 1.90 bits per heavy atom. The average Bonchev–Trinajstić information content (AvgIpc) is 2.36. The Bertz CT molecular complexity index is 440. The second-order valence-corrected chi connectivity index (χ2v) is 10.7. The van der Waals surface area contributed by atoms with E-state index in [4.69, 9.17) is 0 Å². The van der Waals surface area contributed by atoms with Gasteiger partial charge in [-0.2, -0.15) is 0 Å². The molecule has 1 rings (SSSR count). The molecule has 0 bridgehead atoms. The Hall–Kier alpha value is -0.130. The predicted octanol–water partition coefficient (Wildman–Crippen LogP) is 2.30. The zero-order valence-electron chi connectivity index (χ0n) is 14.9. The van der Waals surface area contributed by atoms with E-state index in [1.165, 1.54) is 0 Å². The van der Waals surface area contributed by atoms with Crippen LogP contribution in [-0.2, 0) is 9.84 Å². The van der Waals surface area contributed by atoms with Crippen LogP contribution >= 0.6 is 0 Å². The summed E-state index contributed by atoms with van der Waals surface area (Å²) in [5.74, 6) is 0.261. The van der Waals surface area contributed by atoms with Crippen molar-refractivity contribution in [2.75, 3.05) is 25.4 Å². The van der Waals surface area contributed by atoms with E-state index in [1.54, 1.807) is 13.8 Å². The summed E-state index contributed by atoms with van der Waals surface area (Å²) in [5.41, 5.74) is 0.235. The van der Waals surface area contributed by atoms with Crippen molar-refractivity contribution in [3.63, 3.8) is 0 Å². The summed E-state index contributed by atoms with van der Waals surface area (Å²) in [5, 5.41) is 3.37. The second-order valence-electron chi connectivity index (χ2n) is 8.01. The molecule has 0 spiro atoms. The van der Waals surface area contributed by atoms with Crippen molar-refractivity contribution in [2.45, 2.75) is 71.7 Å². The van der Waals surface area contributed by atoms with E-state index >= 15 is 0 Å². The van der Waals surface area contributed by atoms with Crippen molar-refractivity contribution < 1.29 is 8.42 Å². The normalized spacial score (nSPS) is 29.0. The lowest BCUT2D eigenvalue weighted by Gasteiger charge is -2.51. The van der Waals surface area contributed by atoms with Crippen molar-refractivity contribution in [2.24, 2.45) is 5.41 Å². The van der Waals surface area contributed by atoms with Gasteiger partial charge in [0.2, 0.25) is 0 Å². The minimum absolute atomic E-state index is 0.0499. The lowest BCUT2D eigenvalue weighted by molar-refractivity contribution is 0.0270. The van der Waals surface area contributed by atoms with Crippen LogP contribution in [0.5, 0.6) is 0 Å². The van der Waals surface area contributed by atoms with Crippen LogP contribution in [0.4, 0.5) is 0 Å². The van der Waals surface area contributed by atoms with Crippen molar-refractivity contribution in [3.8, 4) is 0 Å². The quantitative estimate of drug-likeness (QED) is 0.845. The molecule has 0 aliphatic carbocycles. The smallest absolute Gasteiger partial charge is 0.153 e. The van der Waals surface area contributed by atoms with Gasteiger partial charge in [0.05, 0.1) is 11.0 Å². The molecule has 1 saturated heterocycles. The SMILES string of the molecule is CCC1(C)CNC(C(C)(C)C)CN1CCS(=O)(=O)C(C)C. The summed E-state index contributed by atoms with van der Waals surface area (Å²) in [6.07, 6.45) is 1.03. The van der Waals surface area contributed by atoms with Crippen LogP contribution in [0.1, 0.15) is 54.9 Å². The lowest BCUT2D eigenvalue weighted by Crippen LogP contribution is -2.66. The van der Waals surface area contributed by atoms with E-state index < -0.39 is 9.84 Å². The van der Waals surface area contributed by atoms with Gasteiger partial charge in [0, 0.05) is 31.2 Å². The predicted molar refractivity (Wildman–Crippen MR) is 90.4 cm³/mol. The molecule has 0 aromatic heterocycles. The zero-order chi connectivity index (χ0) is 16.5. The number of hydrogen-bond acceptors (Lipinski definition) is 4. The van der Waals surface area contributed by atoms with E-state index in [9.17, 15) is 8.42 Å². The number of sulfone groups is 1. The van der Waals surface area contributed by atoms with Crippen molar-refractivity contribution in [1.82, 2.24) is 10.2 Å². The van der Waals surface area contributed by atoms with Gasteiger partial charge < -0.3 is 5.32 Å². The summed E-state index contributed by atoms with van der Waals surface area (Å²) in [6, 6.07) is 0.402. The molecular weight excluding hydrogens is 284 g/mol. The third kappa shape index (κ3) is 4.67. The molecule has 2 unspecified atom stereocenters. The molecule has 21 heavy (non-hydrogen) atoms. The largest absolute Gasteiger partial charge is 0.310 e. The van der Waals surface area contributed by atoms with Gasteiger partial charge >= 0.3 is 0 Å². The molecule has 0 aromatic carbocycles. The Morgan fingerprint density at radius 3 is 2.33 bits per heavy atom. The molecule has 1 aliphatic heterocycles. The maximum Gasteiger partial charge on any atom is 0.153 e. The van der Waals surface area contributed by atoms with Crippen LogP contribution in [0.2, 0.25) is 0 Å². The number of rotatable bonds is 5. The van der Waals surface area contributed by atoms with Crippen LogP contribution < -0.4 is 5.32 Å². The second kappa shape index (κ2) is 6.55. The first-order chi connectivity index (χ1) is 9.42. The van der Waals surface area contributed by atoms with Crippen LogP contribution in [-0.4, -0.2) is 55.5 Å². The molecule has 1 N–H and O–H groups in total. The molecule has 5 heteroatoms. The number of nitrogens with one attached hydrogen (secondary N) is 1. The first-order valence-corrected chi connectivity index (χ1v) is 9.84. The highest BCUT2D eigenvalue weighted by Crippen LogP contribution is 2.29. The average molecular weight is 319 g/mol. The molecule has 126 valence electrons. The summed E-state index contributed by atoms with van der Waals surface area (Å²) in [7, 11) is -2.97. The minimum Gasteiger partial charge on any atom is -0.310 e. The topological polar surface area (TPSA) is 49.4 Å². The first-order valence-electron chi connectivity index (χ1n) is 8.12. The summed E-state index contributed by atoms with van der Waals surface area (Å²) < 4.78 is 24.2. The zero-order valence-corrected chi connectivity index (χ0v) is 15.7. The fourth-order valence-electron chi connectivity index (χ4n) is 2.72. The van der Waals surface area contributed by atoms with Crippen LogP contribution in [0, 0.1) is 5.41 Å². The molecule has 1 aliphatic rings. The fraction of sp³-hybridized carbons (Fsp3) is 1.00. The van der Waals surface area contributed by atoms with Gasteiger partial charge in [-0.15, -0.1) is 0 Å². The van der Waals surface area contributed by atoms with Gasteiger partial charge in [0.25, 0.3) is 0 Å². The van der Waals surface area contributed by atoms with Crippen molar-refractivity contribution in [3.05, 3.63) is 0 Å². The van der Waals surface area contributed by atoms with Gasteiger partial charge in [-0.25, -0.2) is 8.42 Å². The first kappa shape index (κ1) is 18.9. The minimum atomic E-state index is -2.97. The van der Waals surface area contributed by atoms with Gasteiger partial charge in [-0.05, 0) is 32.6 Å². The molecule has 0 radical (unpaired) electrons. The molecule has 1 fully saturated rings. The Balaban J connectivity index is 2.83. The van der Waals surface area contributed by atoms with Crippen LogP contribution in [0.25, 0.3) is 0 Å². The van der Waals surface area contributed by atoms with Crippen LogP contribution in [0.3, 0.4) is 0 Å². The van der Waals surface area contributed by atoms with Crippen molar-refractivity contribution in [1.29, 1.82) is 0 Å². The van der Waals surface area contributed by atoms with E-state index in [0.717, 1.165) is 19.5 Å². The maximum absolute atomic E-state index is 12.1. The highest BCUT2D eigenvalue weighted by atomic mass is 32.2. The summed E-state index contributed by atoms with van der Waals surface area (Å²) in [6.45, 7) is 17.2. The monoisotopic (exact) mass is 318 g/mol. The maximum atomic E-state index is 12.1. The lowest BCUT2D eigenvalue weighted by atomic mass is 9.82. The standard InChI is InChI=1S/C16H34N2O2S/c1-8-16(7)12-17-14(15(4,5)6)11-18(16)9-10-21(19,20)13(2)3/h13-14,17H,8-12H2,1-7H3. The number of nitrogens with zero attached hydrogens (tertiary/aromatic N) is 1. The van der Waals surface area contributed by atoms with Gasteiger partial charge in [-0.3, -0.25) is 4.90 Å². The molecule has 2 atom stereocenters. The third-order valence-corrected chi connectivity index (χ3v) is 7.25. The number of piperazine rings is 1. The Morgan fingerprint density at radius 1 is 1.33 bits per heavy atom. The Labute approximate surface area is 131 Å². The van der Waals surface area contributed by atoms with E-state index in [2.05, 4.69) is 44.8 Å². The third-order valence-electron chi connectivity index (χ3n) is 5.07. The van der Waals surface area contributed by atoms with E-state index in [-0.39, 0.29) is 22.0 Å². The van der Waals surface area contributed by atoms with Gasteiger partial charge in [0.15, 0.2) is 9.84 Å². The molecule has 0 amide bonds. The number of hydrogen-bond donors (Lipinski definition) is 1.